The van der Waals surface area contributed by atoms with E-state index in [1.54, 1.807) is 4.90 Å². The Morgan fingerprint density at radius 1 is 1.18 bits per heavy atom. The molecule has 2 nitrogen and oxygen atoms in total. The van der Waals surface area contributed by atoms with E-state index in [1.807, 2.05) is 4.90 Å². The fourth-order valence-electron chi connectivity index (χ4n) is 1.17. The van der Waals surface area contributed by atoms with Crippen LogP contribution in [0.5, 0.6) is 0 Å². The van der Waals surface area contributed by atoms with E-state index in [-0.39, 0.29) is 6.54 Å². The lowest BCUT2D eigenvalue weighted by Gasteiger charge is -2.36. The third-order valence-electron chi connectivity index (χ3n) is 1.86. The minimum Gasteiger partial charge on any atom is -0.457 e. The molecule has 1 aliphatic rings. The highest BCUT2D eigenvalue weighted by molar-refractivity contribution is 4.71. The van der Waals surface area contributed by atoms with Crippen LogP contribution in [0.4, 0.5) is 8.78 Å². The van der Waals surface area contributed by atoms with Crippen molar-refractivity contribution in [1.82, 2.24) is 9.80 Å². The molecule has 0 radical (unpaired) electrons. The van der Waals surface area contributed by atoms with Crippen molar-refractivity contribution in [1.29, 1.82) is 0 Å². The fraction of sp³-hybridized carbons (Fsp3) is 0.857. The van der Waals surface area contributed by atoms with E-state index in [0.29, 0.717) is 13.1 Å². The van der Waals surface area contributed by atoms with Gasteiger partial charge in [0.1, 0.15) is 0 Å². The van der Waals surface area contributed by atoms with Crippen molar-refractivity contribution in [3.63, 3.8) is 0 Å². The van der Waals surface area contributed by atoms with Crippen LogP contribution in [-0.4, -0.2) is 48.9 Å². The molecule has 1 aliphatic heterocycles. The average molecular weight is 163 g/mol. The van der Waals surface area contributed by atoms with Crippen molar-refractivity contribution in [2.45, 2.75) is 6.43 Å². The maximum atomic E-state index is 11.8. The molecule has 1 saturated heterocycles. The van der Waals surface area contributed by atoms with Crippen LogP contribution in [0.2, 0.25) is 0 Å². The van der Waals surface area contributed by atoms with E-state index >= 15 is 0 Å². The zero-order valence-corrected chi connectivity index (χ0v) is 6.47. The second-order valence-electron chi connectivity index (χ2n) is 2.81. The van der Waals surface area contributed by atoms with E-state index < -0.39 is 6.43 Å². The van der Waals surface area contributed by atoms with Gasteiger partial charge in [-0.15, -0.1) is 0 Å². The first-order valence-corrected chi connectivity index (χ1v) is 3.74. The van der Waals surface area contributed by atoms with Crippen LogP contribution in [0, 0.1) is 7.05 Å². The molecule has 4 heteroatoms. The first-order chi connectivity index (χ1) is 5.18. The summed E-state index contributed by atoms with van der Waals surface area (Å²) in [4.78, 5) is 3.67. The zero-order chi connectivity index (χ0) is 8.27. The first-order valence-electron chi connectivity index (χ1n) is 3.74. The van der Waals surface area contributed by atoms with Crippen LogP contribution in [-0.2, 0) is 0 Å². The van der Waals surface area contributed by atoms with Crippen molar-refractivity contribution in [2.24, 2.45) is 0 Å². The number of alkyl halides is 2. The number of nitrogens with zero attached hydrogens (tertiary/aromatic N) is 2. The van der Waals surface area contributed by atoms with Gasteiger partial charge in [-0.1, -0.05) is 0 Å². The van der Waals surface area contributed by atoms with Crippen LogP contribution in [0.15, 0.2) is 0 Å². The molecule has 0 saturated carbocycles. The van der Waals surface area contributed by atoms with Gasteiger partial charge in [0.05, 0.1) is 6.54 Å². The quantitative estimate of drug-likeness (QED) is 0.552. The van der Waals surface area contributed by atoms with Gasteiger partial charge in [-0.05, 0) is 13.1 Å². The predicted molar refractivity (Wildman–Crippen MR) is 39.4 cm³/mol. The SMILES string of the molecule is [CH2-]N1CCN(CC(F)F)CC1. The van der Waals surface area contributed by atoms with Crippen molar-refractivity contribution in [3.8, 4) is 0 Å². The molecule has 0 aromatic rings. The molecule has 0 aliphatic carbocycles. The summed E-state index contributed by atoms with van der Waals surface area (Å²) in [5.41, 5.74) is 0. The lowest BCUT2D eigenvalue weighted by atomic mass is 10.3. The monoisotopic (exact) mass is 163 g/mol. The molecular formula is C7H13F2N2-. The van der Waals surface area contributed by atoms with Gasteiger partial charge < -0.3 is 4.90 Å². The van der Waals surface area contributed by atoms with Gasteiger partial charge in [0, 0.05) is 13.1 Å². The summed E-state index contributed by atoms with van der Waals surface area (Å²) in [5, 5.41) is 0. The molecule has 1 rings (SSSR count). The van der Waals surface area contributed by atoms with Gasteiger partial charge in [-0.3, -0.25) is 11.9 Å². The lowest BCUT2D eigenvalue weighted by molar-refractivity contribution is 0.0658. The highest BCUT2D eigenvalue weighted by Gasteiger charge is 2.14. The van der Waals surface area contributed by atoms with Gasteiger partial charge in [0.2, 0.25) is 0 Å². The highest BCUT2D eigenvalue weighted by Crippen LogP contribution is 2.03. The Kier molecular flexibility index (Phi) is 3.20. The summed E-state index contributed by atoms with van der Waals surface area (Å²) in [6.45, 7) is 2.94. The van der Waals surface area contributed by atoms with Gasteiger partial charge in [-0.25, -0.2) is 8.78 Å². The van der Waals surface area contributed by atoms with Gasteiger partial charge >= 0.3 is 0 Å². The first kappa shape index (κ1) is 8.87. The molecular weight excluding hydrogens is 150 g/mol. The van der Waals surface area contributed by atoms with Crippen molar-refractivity contribution in [3.05, 3.63) is 7.05 Å². The van der Waals surface area contributed by atoms with Gasteiger partial charge in [0.15, 0.2) is 0 Å². The number of piperazine rings is 1. The van der Waals surface area contributed by atoms with Crippen molar-refractivity contribution >= 4 is 0 Å². The Bertz CT molecular complexity index is 111. The number of halogens is 2. The molecule has 0 aromatic heterocycles. The maximum absolute atomic E-state index is 11.8. The predicted octanol–water partition coefficient (Wildman–Crippen LogP) is 0.661. The normalized spacial score (nSPS) is 22.9. The molecule has 0 N–H and O–H groups in total. The minimum atomic E-state index is -2.20. The summed E-state index contributed by atoms with van der Waals surface area (Å²) in [7, 11) is 3.73. The smallest absolute Gasteiger partial charge is 0.251 e. The van der Waals surface area contributed by atoms with E-state index in [9.17, 15) is 8.78 Å². The number of hydrogen-bond acceptors (Lipinski definition) is 2. The highest BCUT2D eigenvalue weighted by atomic mass is 19.3. The summed E-state index contributed by atoms with van der Waals surface area (Å²) >= 11 is 0. The number of hydrogen-bond donors (Lipinski definition) is 0. The molecule has 0 amide bonds. The Hall–Kier alpha value is -0.220. The Balaban J connectivity index is 2.17. The average Bonchev–Trinajstić information content (AvgIpc) is 1.93. The molecule has 0 aromatic carbocycles. The summed E-state index contributed by atoms with van der Waals surface area (Å²) < 4.78 is 23.7. The molecule has 0 spiro atoms. The van der Waals surface area contributed by atoms with Crippen LogP contribution >= 0.6 is 0 Å². The lowest BCUT2D eigenvalue weighted by Crippen LogP contribution is -2.45. The van der Waals surface area contributed by atoms with Crippen LogP contribution in [0.25, 0.3) is 0 Å². The van der Waals surface area contributed by atoms with E-state index in [0.717, 1.165) is 13.1 Å². The molecule has 11 heavy (non-hydrogen) atoms. The topological polar surface area (TPSA) is 6.48 Å². The second kappa shape index (κ2) is 3.97. The molecule has 0 bridgehead atoms. The Labute approximate surface area is 65.8 Å². The molecule has 1 fully saturated rings. The van der Waals surface area contributed by atoms with E-state index in [2.05, 4.69) is 7.05 Å². The standard InChI is InChI=1S/C7H13F2N2/c1-10-2-4-11(5-3-10)6-7(8)9/h7H,1-6H2/q-1. The maximum Gasteiger partial charge on any atom is 0.251 e. The summed E-state index contributed by atoms with van der Waals surface area (Å²) in [6, 6.07) is 0. The van der Waals surface area contributed by atoms with Crippen molar-refractivity contribution in [2.75, 3.05) is 32.7 Å². The number of rotatable bonds is 2. The zero-order valence-electron chi connectivity index (χ0n) is 6.47. The molecule has 0 unspecified atom stereocenters. The van der Waals surface area contributed by atoms with Gasteiger partial charge in [0.25, 0.3) is 6.43 Å². The third-order valence-corrected chi connectivity index (χ3v) is 1.86. The molecule has 0 atom stereocenters. The summed E-state index contributed by atoms with van der Waals surface area (Å²) in [6.07, 6.45) is -2.20. The fourth-order valence-corrected chi connectivity index (χ4v) is 1.17. The van der Waals surface area contributed by atoms with Crippen LogP contribution < -0.4 is 0 Å². The minimum absolute atomic E-state index is 0.0894. The van der Waals surface area contributed by atoms with E-state index in [4.69, 9.17) is 0 Å². The third kappa shape index (κ3) is 3.12. The molecule has 1 heterocycles. The molecule has 66 valence electrons. The Morgan fingerprint density at radius 3 is 2.18 bits per heavy atom. The largest absolute Gasteiger partial charge is 0.457 e. The van der Waals surface area contributed by atoms with Crippen LogP contribution in [0.3, 0.4) is 0 Å². The van der Waals surface area contributed by atoms with Crippen LogP contribution in [0.1, 0.15) is 0 Å². The summed E-state index contributed by atoms with van der Waals surface area (Å²) in [5.74, 6) is 0. The second-order valence-corrected chi connectivity index (χ2v) is 2.81. The van der Waals surface area contributed by atoms with Crippen molar-refractivity contribution < 1.29 is 8.78 Å². The Morgan fingerprint density at radius 2 is 1.73 bits per heavy atom. The van der Waals surface area contributed by atoms with Gasteiger partial charge in [-0.2, -0.15) is 0 Å². The van der Waals surface area contributed by atoms with E-state index in [1.165, 1.54) is 0 Å².